The molecule has 0 aliphatic carbocycles. The van der Waals surface area contributed by atoms with Gasteiger partial charge in [0.1, 0.15) is 5.82 Å². The van der Waals surface area contributed by atoms with Crippen LogP contribution in [0.25, 0.3) is 0 Å². The van der Waals surface area contributed by atoms with Crippen LogP contribution in [0, 0.1) is 18.6 Å². The second-order valence-corrected chi connectivity index (χ2v) is 8.03. The lowest BCUT2D eigenvalue weighted by atomic mass is 9.86. The number of nitrogens with one attached hydrogen (secondary N) is 1. The summed E-state index contributed by atoms with van der Waals surface area (Å²) in [5.74, 6) is 0.0549. The molecule has 0 unspecified atom stereocenters. The summed E-state index contributed by atoms with van der Waals surface area (Å²) in [7, 11) is 3.17. The van der Waals surface area contributed by atoms with E-state index < -0.39 is 11.6 Å². The molecule has 0 spiro atoms. The lowest BCUT2D eigenvalue weighted by molar-refractivity contribution is 0.322. The van der Waals surface area contributed by atoms with E-state index in [1.165, 1.54) is 12.1 Å². The van der Waals surface area contributed by atoms with Gasteiger partial charge in [0.15, 0.2) is 23.1 Å². The standard InChI is InChI=1S/C24H25F2N3O3/c1-14-27-21(10-24(30)28-14)18-13-29(11-15-4-6-19(25)20(26)8-15)12-17(18)16-5-7-22(31-2)23(9-16)32-3/h4-10,17-18H,11-13H2,1-3H3,(H,27,28,30)/t17-,18+/m0/s1. The summed E-state index contributed by atoms with van der Waals surface area (Å²) in [4.78, 5) is 21.6. The highest BCUT2D eigenvalue weighted by Crippen LogP contribution is 2.41. The van der Waals surface area contributed by atoms with E-state index in [0.29, 0.717) is 48.2 Å². The molecule has 3 aromatic rings. The molecule has 8 heteroatoms. The first-order valence-electron chi connectivity index (χ1n) is 10.3. The van der Waals surface area contributed by atoms with Crippen LogP contribution < -0.4 is 15.0 Å². The predicted molar refractivity (Wildman–Crippen MR) is 116 cm³/mol. The second kappa shape index (κ2) is 9.08. The van der Waals surface area contributed by atoms with Crippen molar-refractivity contribution in [2.45, 2.75) is 25.3 Å². The van der Waals surface area contributed by atoms with Gasteiger partial charge < -0.3 is 14.5 Å². The molecule has 2 heterocycles. The third-order valence-corrected chi connectivity index (χ3v) is 5.88. The van der Waals surface area contributed by atoms with Crippen LogP contribution >= 0.6 is 0 Å². The molecule has 2 atom stereocenters. The Morgan fingerprint density at radius 2 is 1.75 bits per heavy atom. The predicted octanol–water partition coefficient (Wildman–Crippen LogP) is 3.76. The van der Waals surface area contributed by atoms with Crippen LogP contribution in [0.4, 0.5) is 8.78 Å². The van der Waals surface area contributed by atoms with Crippen molar-refractivity contribution in [1.29, 1.82) is 0 Å². The number of hydrogen-bond acceptors (Lipinski definition) is 5. The lowest BCUT2D eigenvalue weighted by Gasteiger charge is -2.20. The van der Waals surface area contributed by atoms with Gasteiger partial charge in [0.25, 0.3) is 5.56 Å². The Kier molecular flexibility index (Phi) is 6.23. The number of likely N-dealkylation sites (tertiary alicyclic amines) is 1. The van der Waals surface area contributed by atoms with Crippen molar-refractivity contribution in [3.63, 3.8) is 0 Å². The van der Waals surface area contributed by atoms with Gasteiger partial charge in [-0.1, -0.05) is 12.1 Å². The van der Waals surface area contributed by atoms with Crippen LogP contribution in [0.5, 0.6) is 11.5 Å². The number of ether oxygens (including phenoxy) is 2. The number of H-pyrrole nitrogens is 1. The number of benzene rings is 2. The number of hydrogen-bond donors (Lipinski definition) is 1. The second-order valence-electron chi connectivity index (χ2n) is 8.03. The van der Waals surface area contributed by atoms with Gasteiger partial charge in [0.05, 0.1) is 19.9 Å². The minimum atomic E-state index is -0.862. The van der Waals surface area contributed by atoms with Crippen LogP contribution in [-0.4, -0.2) is 42.2 Å². The maximum Gasteiger partial charge on any atom is 0.251 e. The first-order valence-corrected chi connectivity index (χ1v) is 10.3. The van der Waals surface area contributed by atoms with Crippen LogP contribution in [-0.2, 0) is 6.54 Å². The number of aromatic nitrogens is 2. The number of methoxy groups -OCH3 is 2. The summed E-state index contributed by atoms with van der Waals surface area (Å²) in [6.45, 7) is 3.49. The number of rotatable bonds is 6. The summed E-state index contributed by atoms with van der Waals surface area (Å²) in [5, 5.41) is 0. The van der Waals surface area contributed by atoms with Gasteiger partial charge in [-0.25, -0.2) is 13.8 Å². The van der Waals surface area contributed by atoms with Crippen molar-refractivity contribution in [3.05, 3.63) is 87.1 Å². The highest BCUT2D eigenvalue weighted by atomic mass is 19.2. The SMILES string of the molecule is COc1ccc([C@@H]2CN(Cc3ccc(F)c(F)c3)C[C@H]2c2cc(=O)[nH]c(C)n2)cc1OC. The monoisotopic (exact) mass is 441 g/mol. The van der Waals surface area contributed by atoms with Crippen molar-refractivity contribution >= 4 is 0 Å². The Labute approximate surface area is 184 Å². The first kappa shape index (κ1) is 22.0. The number of nitrogens with zero attached hydrogens (tertiary/aromatic N) is 2. The molecule has 0 bridgehead atoms. The summed E-state index contributed by atoms with van der Waals surface area (Å²) < 4.78 is 37.9. The molecular formula is C24H25F2N3O3. The average molecular weight is 441 g/mol. The molecule has 6 nitrogen and oxygen atoms in total. The Morgan fingerprint density at radius 1 is 1.00 bits per heavy atom. The van der Waals surface area contributed by atoms with E-state index in [0.717, 1.165) is 11.6 Å². The summed E-state index contributed by atoms with van der Waals surface area (Å²) in [6.07, 6.45) is 0. The minimum absolute atomic E-state index is 0.0220. The third-order valence-electron chi connectivity index (χ3n) is 5.88. The quantitative estimate of drug-likeness (QED) is 0.631. The Balaban J connectivity index is 1.69. The maximum atomic E-state index is 13.7. The molecule has 1 aliphatic rings. The molecule has 32 heavy (non-hydrogen) atoms. The van der Waals surface area contributed by atoms with Crippen molar-refractivity contribution in [1.82, 2.24) is 14.9 Å². The minimum Gasteiger partial charge on any atom is -0.493 e. The van der Waals surface area contributed by atoms with Crippen molar-refractivity contribution < 1.29 is 18.3 Å². The van der Waals surface area contributed by atoms with Gasteiger partial charge in [-0.05, 0) is 42.3 Å². The summed E-state index contributed by atoms with van der Waals surface area (Å²) >= 11 is 0. The molecular weight excluding hydrogens is 416 g/mol. The van der Waals surface area contributed by atoms with Gasteiger partial charge in [-0.3, -0.25) is 9.69 Å². The third kappa shape index (κ3) is 4.50. The van der Waals surface area contributed by atoms with E-state index in [1.54, 1.807) is 27.2 Å². The van der Waals surface area contributed by atoms with Crippen molar-refractivity contribution in [2.24, 2.45) is 0 Å². The molecule has 0 radical (unpaired) electrons. The average Bonchev–Trinajstić information content (AvgIpc) is 3.19. The highest BCUT2D eigenvalue weighted by molar-refractivity contribution is 5.45. The van der Waals surface area contributed by atoms with Gasteiger partial charge in [-0.2, -0.15) is 0 Å². The van der Waals surface area contributed by atoms with Crippen LogP contribution in [0.3, 0.4) is 0 Å². The molecule has 0 saturated carbocycles. The largest absolute Gasteiger partial charge is 0.493 e. The van der Waals surface area contributed by atoms with Crippen molar-refractivity contribution in [3.8, 4) is 11.5 Å². The Morgan fingerprint density at radius 3 is 2.44 bits per heavy atom. The summed E-state index contributed by atoms with van der Waals surface area (Å²) in [5.41, 5.74) is 2.22. The van der Waals surface area contributed by atoms with E-state index in [2.05, 4.69) is 14.9 Å². The molecule has 1 aliphatic heterocycles. The number of halogens is 2. The molecule has 2 aromatic carbocycles. The fourth-order valence-corrected chi connectivity index (χ4v) is 4.42. The van der Waals surface area contributed by atoms with E-state index >= 15 is 0 Å². The molecule has 1 aromatic heterocycles. The van der Waals surface area contributed by atoms with Crippen LogP contribution in [0.2, 0.25) is 0 Å². The Bertz CT molecular complexity index is 1180. The van der Waals surface area contributed by atoms with Gasteiger partial charge in [0.2, 0.25) is 0 Å². The van der Waals surface area contributed by atoms with Gasteiger partial charge in [0, 0.05) is 37.5 Å². The zero-order chi connectivity index (χ0) is 22.8. The smallest absolute Gasteiger partial charge is 0.251 e. The molecule has 1 N–H and O–H groups in total. The molecule has 1 fully saturated rings. The van der Waals surface area contributed by atoms with E-state index in [1.807, 2.05) is 18.2 Å². The number of aryl methyl sites for hydroxylation is 1. The maximum absolute atomic E-state index is 13.7. The zero-order valence-electron chi connectivity index (χ0n) is 18.2. The van der Waals surface area contributed by atoms with E-state index in [4.69, 9.17) is 9.47 Å². The van der Waals surface area contributed by atoms with E-state index in [9.17, 15) is 13.6 Å². The molecule has 1 saturated heterocycles. The van der Waals surface area contributed by atoms with Crippen LogP contribution in [0.1, 0.15) is 34.5 Å². The molecule has 0 amide bonds. The molecule has 4 rings (SSSR count). The van der Waals surface area contributed by atoms with Gasteiger partial charge >= 0.3 is 0 Å². The lowest BCUT2D eigenvalue weighted by Crippen LogP contribution is -2.21. The summed E-state index contributed by atoms with van der Waals surface area (Å²) in [6, 6.07) is 11.3. The van der Waals surface area contributed by atoms with Crippen LogP contribution in [0.15, 0.2) is 47.3 Å². The molecule has 168 valence electrons. The normalized spacial score (nSPS) is 18.7. The first-order chi connectivity index (χ1) is 15.4. The zero-order valence-corrected chi connectivity index (χ0v) is 18.2. The van der Waals surface area contributed by atoms with Gasteiger partial charge in [-0.15, -0.1) is 0 Å². The van der Waals surface area contributed by atoms with Crippen molar-refractivity contribution in [2.75, 3.05) is 27.3 Å². The Hall–Kier alpha value is -3.26. The highest BCUT2D eigenvalue weighted by Gasteiger charge is 2.36. The fourth-order valence-electron chi connectivity index (χ4n) is 4.42. The fraction of sp³-hybridized carbons (Fsp3) is 0.333. The van der Waals surface area contributed by atoms with E-state index in [-0.39, 0.29) is 17.4 Å². The number of aromatic amines is 1. The topological polar surface area (TPSA) is 67.5 Å².